The molecule has 2 nitrogen and oxygen atoms in total. The zero-order chi connectivity index (χ0) is 10.1. The Bertz CT molecular complexity index is 541. The fourth-order valence-electron chi connectivity index (χ4n) is 1.37. The van der Waals surface area contributed by atoms with Crippen LogP contribution >= 0.6 is 11.6 Å². The van der Waals surface area contributed by atoms with E-state index >= 15 is 0 Å². The van der Waals surface area contributed by atoms with Crippen molar-refractivity contribution in [3.05, 3.63) is 40.5 Å². The van der Waals surface area contributed by atoms with Crippen molar-refractivity contribution < 1.29 is 0 Å². The zero-order valence-electron chi connectivity index (χ0n) is 7.58. The summed E-state index contributed by atoms with van der Waals surface area (Å²) in [4.78, 5) is 4.17. The molecule has 1 aromatic heterocycles. The maximum atomic E-state index is 8.84. The van der Waals surface area contributed by atoms with E-state index in [-0.39, 0.29) is 0 Å². The topological polar surface area (TPSA) is 36.7 Å². The molecule has 1 heterocycles. The second-order valence-corrected chi connectivity index (χ2v) is 3.49. The number of hydrogen-bond donors (Lipinski definition) is 0. The summed E-state index contributed by atoms with van der Waals surface area (Å²) < 4.78 is 0. The summed E-state index contributed by atoms with van der Waals surface area (Å²) >= 11 is 5.77. The number of rotatable bonds is 0. The number of hydrogen-bond acceptors (Lipinski definition) is 2. The van der Waals surface area contributed by atoms with Crippen molar-refractivity contribution in [2.45, 2.75) is 6.92 Å². The zero-order valence-corrected chi connectivity index (χ0v) is 8.34. The molecule has 14 heavy (non-hydrogen) atoms. The fourth-order valence-corrected chi connectivity index (χ4v) is 1.53. The summed E-state index contributed by atoms with van der Waals surface area (Å²) in [5.74, 6) is 0. The van der Waals surface area contributed by atoms with Gasteiger partial charge < -0.3 is 0 Å². The minimum atomic E-state index is 0.474. The number of aromatic nitrogens is 1. The van der Waals surface area contributed by atoms with Gasteiger partial charge in [0, 0.05) is 5.39 Å². The van der Waals surface area contributed by atoms with Gasteiger partial charge in [-0.2, -0.15) is 5.26 Å². The van der Waals surface area contributed by atoms with E-state index in [1.165, 1.54) is 0 Å². The van der Waals surface area contributed by atoms with Crippen LogP contribution in [0.3, 0.4) is 0 Å². The van der Waals surface area contributed by atoms with Crippen molar-refractivity contribution >= 4 is 22.5 Å². The highest BCUT2D eigenvalue weighted by Crippen LogP contribution is 2.19. The predicted molar refractivity (Wildman–Crippen MR) is 56.2 cm³/mol. The Balaban J connectivity index is 2.81. The molecule has 0 radical (unpaired) electrons. The van der Waals surface area contributed by atoms with Crippen LogP contribution in [0, 0.1) is 18.3 Å². The van der Waals surface area contributed by atoms with Gasteiger partial charge in [0.15, 0.2) is 0 Å². The summed E-state index contributed by atoms with van der Waals surface area (Å²) in [6.07, 6.45) is 0. The number of nitriles is 1. The van der Waals surface area contributed by atoms with E-state index in [1.807, 2.05) is 25.1 Å². The smallest absolute Gasteiger partial charge is 0.129 e. The van der Waals surface area contributed by atoms with Crippen LogP contribution < -0.4 is 0 Å². The first kappa shape index (κ1) is 8.98. The molecule has 0 amide bonds. The van der Waals surface area contributed by atoms with Gasteiger partial charge in [0.25, 0.3) is 0 Å². The highest BCUT2D eigenvalue weighted by molar-refractivity contribution is 6.29. The molecule has 0 fully saturated rings. The minimum Gasteiger partial charge on any atom is -0.236 e. The van der Waals surface area contributed by atoms with E-state index in [9.17, 15) is 0 Å². The third-order valence-corrected chi connectivity index (χ3v) is 2.33. The van der Waals surface area contributed by atoms with Crippen molar-refractivity contribution in [1.82, 2.24) is 4.98 Å². The lowest BCUT2D eigenvalue weighted by molar-refractivity contribution is 1.36. The maximum Gasteiger partial charge on any atom is 0.129 e. The molecule has 68 valence electrons. The van der Waals surface area contributed by atoms with Crippen LogP contribution in [0.4, 0.5) is 0 Å². The van der Waals surface area contributed by atoms with Gasteiger partial charge in [0.1, 0.15) is 5.15 Å². The number of fused-ring (bicyclic) bond motifs is 1. The number of halogens is 1. The number of nitrogens with zero attached hydrogens (tertiary/aromatic N) is 2. The lowest BCUT2D eigenvalue weighted by atomic mass is 10.1. The first-order chi connectivity index (χ1) is 6.70. The number of benzene rings is 1. The molecule has 2 aromatic rings. The van der Waals surface area contributed by atoms with Crippen LogP contribution in [0.2, 0.25) is 5.15 Å². The standard InChI is InChI=1S/C11H7ClN2/c1-7-4-10-8(5-9(7)6-13)2-3-11(12)14-10/h2-5H,1H3. The Morgan fingerprint density at radius 1 is 1.36 bits per heavy atom. The molecule has 0 atom stereocenters. The Hall–Kier alpha value is -1.59. The largest absolute Gasteiger partial charge is 0.236 e. The summed E-state index contributed by atoms with van der Waals surface area (Å²) in [6, 6.07) is 9.43. The summed E-state index contributed by atoms with van der Waals surface area (Å²) in [6.45, 7) is 1.89. The van der Waals surface area contributed by atoms with E-state index < -0.39 is 0 Å². The van der Waals surface area contributed by atoms with Crippen molar-refractivity contribution in [2.24, 2.45) is 0 Å². The molecule has 3 heteroatoms. The van der Waals surface area contributed by atoms with Crippen LogP contribution in [0.1, 0.15) is 11.1 Å². The Morgan fingerprint density at radius 2 is 2.14 bits per heavy atom. The lowest BCUT2D eigenvalue weighted by Crippen LogP contribution is -1.85. The first-order valence-electron chi connectivity index (χ1n) is 4.18. The highest BCUT2D eigenvalue weighted by atomic mass is 35.5. The molecular weight excluding hydrogens is 196 g/mol. The Labute approximate surface area is 86.8 Å². The molecule has 1 aromatic carbocycles. The van der Waals surface area contributed by atoms with E-state index in [0.717, 1.165) is 16.5 Å². The van der Waals surface area contributed by atoms with Gasteiger partial charge in [-0.1, -0.05) is 11.6 Å². The molecule has 0 N–H and O–H groups in total. The molecule has 0 bridgehead atoms. The van der Waals surface area contributed by atoms with Crippen LogP contribution in [0.5, 0.6) is 0 Å². The highest BCUT2D eigenvalue weighted by Gasteiger charge is 2.01. The second kappa shape index (κ2) is 3.28. The SMILES string of the molecule is Cc1cc2nc(Cl)ccc2cc1C#N. The second-order valence-electron chi connectivity index (χ2n) is 3.11. The normalized spacial score (nSPS) is 10.1. The third kappa shape index (κ3) is 1.43. The molecule has 0 spiro atoms. The van der Waals surface area contributed by atoms with Crippen molar-refractivity contribution in [3.63, 3.8) is 0 Å². The average molecular weight is 203 g/mol. The Morgan fingerprint density at radius 3 is 2.86 bits per heavy atom. The van der Waals surface area contributed by atoms with Crippen molar-refractivity contribution in [3.8, 4) is 6.07 Å². The minimum absolute atomic E-state index is 0.474. The van der Waals surface area contributed by atoms with Crippen molar-refractivity contribution in [2.75, 3.05) is 0 Å². The number of pyridine rings is 1. The first-order valence-corrected chi connectivity index (χ1v) is 4.55. The average Bonchev–Trinajstić information content (AvgIpc) is 2.16. The quantitative estimate of drug-likeness (QED) is 0.616. The molecule has 2 rings (SSSR count). The molecular formula is C11H7ClN2. The van der Waals surface area contributed by atoms with Crippen LogP contribution in [-0.2, 0) is 0 Å². The van der Waals surface area contributed by atoms with Gasteiger partial charge in [0.05, 0.1) is 17.1 Å². The summed E-state index contributed by atoms with van der Waals surface area (Å²) in [5.41, 5.74) is 2.44. The van der Waals surface area contributed by atoms with Gasteiger partial charge >= 0.3 is 0 Å². The van der Waals surface area contributed by atoms with Gasteiger partial charge in [-0.05, 0) is 36.8 Å². The van der Waals surface area contributed by atoms with Gasteiger partial charge in [-0.15, -0.1) is 0 Å². The third-order valence-electron chi connectivity index (χ3n) is 2.12. The van der Waals surface area contributed by atoms with Crippen LogP contribution in [0.25, 0.3) is 10.9 Å². The van der Waals surface area contributed by atoms with Crippen LogP contribution in [0.15, 0.2) is 24.3 Å². The molecule has 0 unspecified atom stereocenters. The maximum absolute atomic E-state index is 8.84. The van der Waals surface area contributed by atoms with E-state index in [0.29, 0.717) is 10.7 Å². The molecule has 0 saturated carbocycles. The lowest BCUT2D eigenvalue weighted by Gasteiger charge is -2.01. The molecule has 0 aliphatic heterocycles. The molecule has 0 saturated heterocycles. The predicted octanol–water partition coefficient (Wildman–Crippen LogP) is 3.07. The van der Waals surface area contributed by atoms with E-state index in [1.54, 1.807) is 6.07 Å². The van der Waals surface area contributed by atoms with Gasteiger partial charge in [-0.25, -0.2) is 4.98 Å². The fraction of sp³-hybridized carbons (Fsp3) is 0.0909. The van der Waals surface area contributed by atoms with Gasteiger partial charge in [0.2, 0.25) is 0 Å². The summed E-state index contributed by atoms with van der Waals surface area (Å²) in [7, 11) is 0. The molecule has 0 aliphatic carbocycles. The van der Waals surface area contributed by atoms with Crippen LogP contribution in [-0.4, -0.2) is 4.98 Å². The summed E-state index contributed by atoms with van der Waals surface area (Å²) in [5, 5.41) is 10.3. The van der Waals surface area contributed by atoms with E-state index in [2.05, 4.69) is 11.1 Å². The Kier molecular flexibility index (Phi) is 2.11. The van der Waals surface area contributed by atoms with E-state index in [4.69, 9.17) is 16.9 Å². The van der Waals surface area contributed by atoms with Gasteiger partial charge in [-0.3, -0.25) is 0 Å². The monoisotopic (exact) mass is 202 g/mol. The number of aryl methyl sites for hydroxylation is 1. The molecule has 0 aliphatic rings. The van der Waals surface area contributed by atoms with Crippen molar-refractivity contribution in [1.29, 1.82) is 5.26 Å².